The van der Waals surface area contributed by atoms with Crippen molar-refractivity contribution in [2.45, 2.75) is 6.54 Å². The zero-order valence-electron chi connectivity index (χ0n) is 10.1. The lowest BCUT2D eigenvalue weighted by Crippen LogP contribution is -2.06. The lowest BCUT2D eigenvalue weighted by molar-refractivity contribution is 0.415. The van der Waals surface area contributed by atoms with Gasteiger partial charge in [-0.15, -0.1) is 0 Å². The largest absolute Gasteiger partial charge is 0.495 e. The minimum Gasteiger partial charge on any atom is -0.495 e. The number of hydrogen-bond acceptors (Lipinski definition) is 3. The number of aromatic amines is 1. The zero-order valence-corrected chi connectivity index (χ0v) is 12.4. The molecule has 6 heteroatoms. The molecule has 0 fully saturated rings. The number of imidazole rings is 1. The molecule has 96 valence electrons. The summed E-state index contributed by atoms with van der Waals surface area (Å²) in [5.41, 5.74) is 2.83. The van der Waals surface area contributed by atoms with Gasteiger partial charge in [-0.1, -0.05) is 11.6 Å². The molecule has 0 atom stereocenters. The number of aromatic nitrogens is 2. The minimum absolute atomic E-state index is 0.574. The molecular weight excluding hydrogens is 318 g/mol. The second-order valence-corrected chi connectivity index (χ2v) is 4.89. The zero-order chi connectivity index (χ0) is 13.1. The van der Waals surface area contributed by atoms with E-state index < -0.39 is 0 Å². The van der Waals surface area contributed by atoms with Crippen molar-refractivity contribution in [3.05, 3.63) is 33.6 Å². The smallest absolute Gasteiger partial charge is 0.175 e. The molecule has 2 rings (SSSR count). The Morgan fingerprint density at radius 1 is 1.50 bits per heavy atom. The molecule has 0 bridgehead atoms. The van der Waals surface area contributed by atoms with Gasteiger partial charge in [-0.25, -0.2) is 4.98 Å². The van der Waals surface area contributed by atoms with E-state index in [1.807, 2.05) is 25.2 Å². The molecule has 0 saturated heterocycles. The Kier molecular flexibility index (Phi) is 4.27. The van der Waals surface area contributed by atoms with E-state index in [4.69, 9.17) is 16.3 Å². The van der Waals surface area contributed by atoms with Gasteiger partial charge >= 0.3 is 0 Å². The van der Waals surface area contributed by atoms with E-state index in [2.05, 4.69) is 31.2 Å². The van der Waals surface area contributed by atoms with Crippen LogP contribution in [0.3, 0.4) is 0 Å². The molecule has 0 saturated carbocycles. The fourth-order valence-corrected chi connectivity index (χ4v) is 2.41. The van der Waals surface area contributed by atoms with Crippen molar-refractivity contribution >= 4 is 27.5 Å². The van der Waals surface area contributed by atoms with Crippen LogP contribution in [0.4, 0.5) is 0 Å². The van der Waals surface area contributed by atoms with E-state index in [0.717, 1.165) is 17.0 Å². The Bertz CT molecular complexity index is 556. The molecule has 1 heterocycles. The third-order valence-electron chi connectivity index (χ3n) is 2.53. The first-order chi connectivity index (χ1) is 8.65. The summed E-state index contributed by atoms with van der Waals surface area (Å²) in [5.74, 6) is 0.658. The molecule has 1 aromatic heterocycles. The van der Waals surface area contributed by atoms with Crippen molar-refractivity contribution in [2.75, 3.05) is 14.2 Å². The molecule has 1 aromatic carbocycles. The Hall–Kier alpha value is -1.04. The van der Waals surface area contributed by atoms with Crippen LogP contribution in [0.5, 0.6) is 5.75 Å². The Balaban J connectivity index is 2.44. The first-order valence-corrected chi connectivity index (χ1v) is 6.55. The molecule has 0 aliphatic carbocycles. The van der Waals surface area contributed by atoms with Crippen molar-refractivity contribution < 1.29 is 4.74 Å². The van der Waals surface area contributed by atoms with E-state index in [1.54, 1.807) is 7.11 Å². The number of methoxy groups -OCH3 is 1. The van der Waals surface area contributed by atoms with Gasteiger partial charge in [0.15, 0.2) is 4.73 Å². The third kappa shape index (κ3) is 2.68. The highest BCUT2D eigenvalue weighted by Crippen LogP contribution is 2.31. The standard InChI is InChI=1S/C12H13BrClN3O/c1-15-6-9-11(17-12(13)16-9)7-3-4-10(18-2)8(14)5-7/h3-5,15H,6H2,1-2H3,(H,16,17). The topological polar surface area (TPSA) is 49.9 Å². The van der Waals surface area contributed by atoms with E-state index in [-0.39, 0.29) is 0 Å². The number of nitrogens with one attached hydrogen (secondary N) is 2. The van der Waals surface area contributed by atoms with Gasteiger partial charge < -0.3 is 15.0 Å². The molecule has 0 radical (unpaired) electrons. The lowest BCUT2D eigenvalue weighted by atomic mass is 10.1. The fourth-order valence-electron chi connectivity index (χ4n) is 1.73. The molecule has 2 N–H and O–H groups in total. The first-order valence-electron chi connectivity index (χ1n) is 5.38. The molecule has 0 unspecified atom stereocenters. The van der Waals surface area contributed by atoms with Gasteiger partial charge in [0.1, 0.15) is 5.75 Å². The van der Waals surface area contributed by atoms with Crippen LogP contribution in [0.15, 0.2) is 22.9 Å². The molecule has 2 aromatic rings. The van der Waals surface area contributed by atoms with Crippen LogP contribution in [0.1, 0.15) is 5.69 Å². The maximum absolute atomic E-state index is 6.13. The van der Waals surface area contributed by atoms with E-state index in [1.165, 1.54) is 0 Å². The van der Waals surface area contributed by atoms with Crippen LogP contribution in [-0.4, -0.2) is 24.1 Å². The first kappa shape index (κ1) is 13.4. The maximum Gasteiger partial charge on any atom is 0.175 e. The van der Waals surface area contributed by atoms with Crippen molar-refractivity contribution in [3.63, 3.8) is 0 Å². The minimum atomic E-state index is 0.574. The number of benzene rings is 1. The van der Waals surface area contributed by atoms with Crippen molar-refractivity contribution in [1.29, 1.82) is 0 Å². The van der Waals surface area contributed by atoms with Crippen LogP contribution in [-0.2, 0) is 6.54 Å². The summed E-state index contributed by atoms with van der Waals surface area (Å²) in [6, 6.07) is 5.62. The monoisotopic (exact) mass is 329 g/mol. The molecule has 0 amide bonds. The molecule has 0 aliphatic heterocycles. The highest BCUT2D eigenvalue weighted by atomic mass is 79.9. The van der Waals surface area contributed by atoms with Crippen molar-refractivity contribution in [1.82, 2.24) is 15.3 Å². The fraction of sp³-hybridized carbons (Fsp3) is 0.250. The van der Waals surface area contributed by atoms with Gasteiger partial charge in [0.05, 0.1) is 23.5 Å². The molecule has 0 aliphatic rings. The second kappa shape index (κ2) is 5.73. The summed E-state index contributed by atoms with van der Waals surface area (Å²) in [6.45, 7) is 0.706. The average molecular weight is 331 g/mol. The number of nitrogens with zero attached hydrogens (tertiary/aromatic N) is 1. The third-order valence-corrected chi connectivity index (χ3v) is 3.20. The number of hydrogen-bond donors (Lipinski definition) is 2. The van der Waals surface area contributed by atoms with Crippen LogP contribution < -0.4 is 10.1 Å². The van der Waals surface area contributed by atoms with Gasteiger partial charge in [-0.05, 0) is 41.2 Å². The van der Waals surface area contributed by atoms with Crippen LogP contribution >= 0.6 is 27.5 Å². The SMILES string of the molecule is CNCc1[nH]c(Br)nc1-c1ccc(OC)c(Cl)c1. The summed E-state index contributed by atoms with van der Waals surface area (Å²) in [4.78, 5) is 7.58. The average Bonchev–Trinajstić information content (AvgIpc) is 2.71. The molecule has 18 heavy (non-hydrogen) atoms. The summed E-state index contributed by atoms with van der Waals surface area (Å²) >= 11 is 9.47. The summed E-state index contributed by atoms with van der Waals surface area (Å²) < 4.78 is 5.84. The lowest BCUT2D eigenvalue weighted by Gasteiger charge is -2.06. The second-order valence-electron chi connectivity index (χ2n) is 3.73. The molecule has 4 nitrogen and oxygen atoms in total. The van der Waals surface area contributed by atoms with Gasteiger partial charge in [-0.2, -0.15) is 0 Å². The summed E-state index contributed by atoms with van der Waals surface area (Å²) in [6.07, 6.45) is 0. The van der Waals surface area contributed by atoms with E-state index in [0.29, 0.717) is 22.1 Å². The maximum atomic E-state index is 6.13. The van der Waals surface area contributed by atoms with E-state index in [9.17, 15) is 0 Å². The van der Waals surface area contributed by atoms with Crippen molar-refractivity contribution in [2.24, 2.45) is 0 Å². The predicted octanol–water partition coefficient (Wildman–Crippen LogP) is 3.22. The number of halogens is 2. The Morgan fingerprint density at radius 3 is 2.89 bits per heavy atom. The quantitative estimate of drug-likeness (QED) is 0.905. The van der Waals surface area contributed by atoms with Crippen LogP contribution in [0, 0.1) is 0 Å². The highest BCUT2D eigenvalue weighted by Gasteiger charge is 2.12. The Labute approximate surface area is 119 Å². The van der Waals surface area contributed by atoms with Gasteiger partial charge in [-0.3, -0.25) is 0 Å². The van der Waals surface area contributed by atoms with Crippen LogP contribution in [0.25, 0.3) is 11.3 Å². The molecular formula is C12H13BrClN3O. The van der Waals surface area contributed by atoms with E-state index >= 15 is 0 Å². The number of H-pyrrole nitrogens is 1. The van der Waals surface area contributed by atoms with Gasteiger partial charge in [0.25, 0.3) is 0 Å². The van der Waals surface area contributed by atoms with Crippen molar-refractivity contribution in [3.8, 4) is 17.0 Å². The number of ether oxygens (including phenoxy) is 1. The van der Waals surface area contributed by atoms with Crippen LogP contribution in [0.2, 0.25) is 5.02 Å². The molecule has 0 spiro atoms. The normalized spacial score (nSPS) is 10.7. The highest BCUT2D eigenvalue weighted by molar-refractivity contribution is 9.10. The van der Waals surface area contributed by atoms with Gasteiger partial charge in [0, 0.05) is 12.1 Å². The summed E-state index contributed by atoms with van der Waals surface area (Å²) in [7, 11) is 3.48. The predicted molar refractivity (Wildman–Crippen MR) is 76.0 cm³/mol. The number of rotatable bonds is 4. The van der Waals surface area contributed by atoms with Gasteiger partial charge in [0.2, 0.25) is 0 Å². The Morgan fingerprint density at radius 2 is 2.28 bits per heavy atom. The summed E-state index contributed by atoms with van der Waals surface area (Å²) in [5, 5.41) is 3.67.